The number of halogens is 2. The number of nitrogens with zero attached hydrogens (tertiary/aromatic N) is 2. The second-order valence-electron chi connectivity index (χ2n) is 5.74. The maximum Gasteiger partial charge on any atom is 0.242 e. The van der Waals surface area contributed by atoms with Crippen LogP contribution in [0.15, 0.2) is 24.3 Å². The third-order valence-electron chi connectivity index (χ3n) is 3.97. The Labute approximate surface area is 151 Å². The number of ether oxygens (including phenoxy) is 1. The summed E-state index contributed by atoms with van der Waals surface area (Å²) in [5.41, 5.74) is 8.23. The van der Waals surface area contributed by atoms with Crippen LogP contribution in [0, 0.1) is 0 Å². The van der Waals surface area contributed by atoms with Crippen molar-refractivity contribution < 1.29 is 9.53 Å². The van der Waals surface area contributed by atoms with Crippen molar-refractivity contribution in [2.45, 2.75) is 24.9 Å². The Morgan fingerprint density at radius 2 is 2.13 bits per heavy atom. The minimum Gasteiger partial charge on any atom is -0.383 e. The van der Waals surface area contributed by atoms with Crippen LogP contribution in [-0.2, 0) is 9.53 Å². The van der Waals surface area contributed by atoms with Gasteiger partial charge in [-0.3, -0.25) is 4.79 Å². The van der Waals surface area contributed by atoms with Crippen LogP contribution in [0.25, 0.3) is 0 Å². The van der Waals surface area contributed by atoms with E-state index in [0.717, 1.165) is 25.1 Å². The summed E-state index contributed by atoms with van der Waals surface area (Å²) in [6.45, 7) is 1.03. The zero-order valence-corrected chi connectivity index (χ0v) is 15.5. The molecule has 1 amide bonds. The van der Waals surface area contributed by atoms with Gasteiger partial charge in [0.1, 0.15) is 6.04 Å². The van der Waals surface area contributed by atoms with Crippen molar-refractivity contribution >= 4 is 36.4 Å². The van der Waals surface area contributed by atoms with Crippen molar-refractivity contribution in [1.82, 2.24) is 4.90 Å². The van der Waals surface area contributed by atoms with E-state index in [9.17, 15) is 4.79 Å². The Balaban J connectivity index is 0.00000242. The molecule has 7 heteroatoms. The number of carbonyl (C=O) groups is 1. The minimum absolute atomic E-state index is 0. The Morgan fingerprint density at radius 1 is 1.43 bits per heavy atom. The monoisotopic (exact) mass is 363 g/mol. The summed E-state index contributed by atoms with van der Waals surface area (Å²) in [5, 5.41) is 0. The van der Waals surface area contributed by atoms with Crippen LogP contribution in [0.1, 0.15) is 24.4 Å². The highest BCUT2D eigenvalue weighted by molar-refractivity contribution is 5.85. The topological polar surface area (TPSA) is 58.8 Å². The highest BCUT2D eigenvalue weighted by atomic mass is 35.5. The summed E-state index contributed by atoms with van der Waals surface area (Å²) in [7, 11) is 5.60. The summed E-state index contributed by atoms with van der Waals surface area (Å²) >= 11 is 0. The molecule has 0 saturated carbocycles. The van der Waals surface area contributed by atoms with Crippen molar-refractivity contribution in [3.05, 3.63) is 29.8 Å². The van der Waals surface area contributed by atoms with Gasteiger partial charge >= 0.3 is 0 Å². The molecule has 1 aliphatic rings. The molecular weight excluding hydrogens is 337 g/mol. The number of nitrogens with two attached hydrogens (primary N) is 1. The minimum atomic E-state index is -0.576. The van der Waals surface area contributed by atoms with Crippen molar-refractivity contribution in [3.8, 4) is 0 Å². The number of likely N-dealkylation sites (tertiary alicyclic amines) is 1. The number of rotatable bonds is 5. The second-order valence-corrected chi connectivity index (χ2v) is 5.74. The van der Waals surface area contributed by atoms with Crippen LogP contribution in [0.2, 0.25) is 0 Å². The fraction of sp³-hybridized carbons (Fsp3) is 0.562. The number of hydrogen-bond donors (Lipinski definition) is 1. The average Bonchev–Trinajstić information content (AvgIpc) is 2.96. The first-order chi connectivity index (χ1) is 10.0. The van der Waals surface area contributed by atoms with Gasteiger partial charge in [-0.1, -0.05) is 12.1 Å². The Bertz CT molecular complexity index is 500. The van der Waals surface area contributed by atoms with Gasteiger partial charge in [0.2, 0.25) is 5.91 Å². The Hall–Kier alpha value is -1.01. The summed E-state index contributed by atoms with van der Waals surface area (Å²) < 4.78 is 5.00. The van der Waals surface area contributed by atoms with Crippen LogP contribution >= 0.6 is 24.8 Å². The molecule has 1 heterocycles. The van der Waals surface area contributed by atoms with E-state index in [0.29, 0.717) is 0 Å². The SMILES string of the molecule is COCC(N)C(=O)N1CCCC1c1cccc(N(C)C)c1.Cl.Cl. The molecule has 0 bridgehead atoms. The number of anilines is 1. The lowest BCUT2D eigenvalue weighted by Gasteiger charge is -2.28. The molecular formula is C16H27Cl2N3O2. The predicted octanol–water partition coefficient (Wildman–Crippen LogP) is 2.23. The van der Waals surface area contributed by atoms with E-state index >= 15 is 0 Å². The van der Waals surface area contributed by atoms with Gasteiger partial charge in [0.05, 0.1) is 12.6 Å². The van der Waals surface area contributed by atoms with E-state index < -0.39 is 6.04 Å². The number of benzene rings is 1. The lowest BCUT2D eigenvalue weighted by molar-refractivity contribution is -0.134. The molecule has 0 aromatic heterocycles. The number of amides is 1. The number of carbonyl (C=O) groups excluding carboxylic acids is 1. The van der Waals surface area contributed by atoms with E-state index in [4.69, 9.17) is 10.5 Å². The van der Waals surface area contributed by atoms with E-state index in [-0.39, 0.29) is 43.4 Å². The summed E-state index contributed by atoms with van der Waals surface area (Å²) in [4.78, 5) is 16.4. The molecule has 5 nitrogen and oxygen atoms in total. The number of hydrogen-bond acceptors (Lipinski definition) is 4. The Kier molecular flexibility index (Phi) is 9.54. The largest absolute Gasteiger partial charge is 0.383 e. The molecule has 1 aliphatic heterocycles. The zero-order chi connectivity index (χ0) is 15.4. The van der Waals surface area contributed by atoms with Gasteiger partial charge < -0.3 is 20.3 Å². The molecule has 1 aromatic carbocycles. The van der Waals surface area contributed by atoms with Gasteiger partial charge in [-0.05, 0) is 30.5 Å². The van der Waals surface area contributed by atoms with E-state index in [2.05, 4.69) is 23.1 Å². The lowest BCUT2D eigenvalue weighted by atomic mass is 10.0. The summed E-state index contributed by atoms with van der Waals surface area (Å²) in [6, 6.07) is 7.90. The fourth-order valence-electron chi connectivity index (χ4n) is 2.85. The molecule has 23 heavy (non-hydrogen) atoms. The van der Waals surface area contributed by atoms with Crippen molar-refractivity contribution in [2.24, 2.45) is 5.73 Å². The van der Waals surface area contributed by atoms with Crippen LogP contribution in [0.5, 0.6) is 0 Å². The molecule has 132 valence electrons. The first-order valence-corrected chi connectivity index (χ1v) is 7.37. The normalized spacial score (nSPS) is 17.9. The fourth-order valence-corrected chi connectivity index (χ4v) is 2.85. The highest BCUT2D eigenvalue weighted by Crippen LogP contribution is 2.33. The van der Waals surface area contributed by atoms with Gasteiger partial charge in [-0.25, -0.2) is 0 Å². The van der Waals surface area contributed by atoms with Gasteiger partial charge in [0.25, 0.3) is 0 Å². The first-order valence-electron chi connectivity index (χ1n) is 7.37. The molecule has 2 rings (SSSR count). The Morgan fingerprint density at radius 3 is 2.74 bits per heavy atom. The standard InChI is InChI=1S/C16H25N3O2.2ClH/c1-18(2)13-7-4-6-12(10-13)15-8-5-9-19(15)16(20)14(17)11-21-3;;/h4,6-7,10,14-15H,5,8-9,11,17H2,1-3H3;2*1H. The third kappa shape index (κ3) is 5.24. The van der Waals surface area contributed by atoms with E-state index in [1.54, 1.807) is 7.11 Å². The molecule has 1 saturated heterocycles. The molecule has 2 N–H and O–H groups in total. The van der Waals surface area contributed by atoms with Crippen LogP contribution in [0.3, 0.4) is 0 Å². The molecule has 1 fully saturated rings. The average molecular weight is 364 g/mol. The summed E-state index contributed by atoms with van der Waals surface area (Å²) in [5.74, 6) is -0.0189. The second kappa shape index (κ2) is 9.98. The number of methoxy groups -OCH3 is 1. The smallest absolute Gasteiger partial charge is 0.242 e. The van der Waals surface area contributed by atoms with Gasteiger partial charge in [-0.2, -0.15) is 0 Å². The first kappa shape index (κ1) is 22.0. The maximum atomic E-state index is 12.4. The molecule has 2 unspecified atom stereocenters. The van der Waals surface area contributed by atoms with Crippen LogP contribution in [0.4, 0.5) is 5.69 Å². The molecule has 2 atom stereocenters. The van der Waals surface area contributed by atoms with Crippen molar-refractivity contribution in [2.75, 3.05) is 39.3 Å². The van der Waals surface area contributed by atoms with Crippen LogP contribution in [-0.4, -0.2) is 51.2 Å². The molecule has 0 aliphatic carbocycles. The molecule has 1 aromatic rings. The van der Waals surface area contributed by atoms with Crippen LogP contribution < -0.4 is 10.6 Å². The highest BCUT2D eigenvalue weighted by Gasteiger charge is 2.32. The maximum absolute atomic E-state index is 12.4. The predicted molar refractivity (Wildman–Crippen MR) is 98.8 cm³/mol. The molecule has 0 spiro atoms. The van der Waals surface area contributed by atoms with Crippen molar-refractivity contribution in [1.29, 1.82) is 0 Å². The quantitative estimate of drug-likeness (QED) is 0.871. The van der Waals surface area contributed by atoms with Gasteiger partial charge in [-0.15, -0.1) is 24.8 Å². The summed E-state index contributed by atoms with van der Waals surface area (Å²) in [6.07, 6.45) is 2.00. The molecule has 0 radical (unpaired) electrons. The van der Waals surface area contributed by atoms with Gasteiger partial charge in [0, 0.05) is 33.4 Å². The van der Waals surface area contributed by atoms with E-state index in [1.165, 1.54) is 5.56 Å². The van der Waals surface area contributed by atoms with Gasteiger partial charge in [0.15, 0.2) is 0 Å². The van der Waals surface area contributed by atoms with Crippen molar-refractivity contribution in [3.63, 3.8) is 0 Å². The van der Waals surface area contributed by atoms with E-state index in [1.807, 2.05) is 25.1 Å². The lowest BCUT2D eigenvalue weighted by Crippen LogP contribution is -2.45. The zero-order valence-electron chi connectivity index (χ0n) is 13.9. The third-order valence-corrected chi connectivity index (χ3v) is 3.97.